The van der Waals surface area contributed by atoms with Gasteiger partial charge in [-0.3, -0.25) is 4.79 Å². The van der Waals surface area contributed by atoms with Crippen molar-refractivity contribution in [2.45, 2.75) is 20.3 Å². The first-order chi connectivity index (χ1) is 13.4. The fourth-order valence-corrected chi connectivity index (χ4v) is 3.12. The molecule has 0 fully saturated rings. The highest BCUT2D eigenvalue weighted by Crippen LogP contribution is 2.29. The van der Waals surface area contributed by atoms with E-state index in [4.69, 9.17) is 14.2 Å². The van der Waals surface area contributed by atoms with Crippen LogP contribution in [0.3, 0.4) is 0 Å². The van der Waals surface area contributed by atoms with E-state index in [1.54, 1.807) is 13.0 Å². The zero-order valence-electron chi connectivity index (χ0n) is 15.5. The summed E-state index contributed by atoms with van der Waals surface area (Å²) in [4.78, 5) is 36.6. The van der Waals surface area contributed by atoms with Gasteiger partial charge in [0.1, 0.15) is 16.6 Å². The zero-order chi connectivity index (χ0) is 20.5. The predicted octanol–water partition coefficient (Wildman–Crippen LogP) is 3.19. The van der Waals surface area contributed by atoms with E-state index in [0.29, 0.717) is 11.4 Å². The third-order valence-corrected chi connectivity index (χ3v) is 4.59. The van der Waals surface area contributed by atoms with Gasteiger partial charge in [-0.25, -0.2) is 14.0 Å². The molecule has 7 nitrogen and oxygen atoms in total. The van der Waals surface area contributed by atoms with Crippen LogP contribution in [0.5, 0.6) is 5.75 Å². The highest BCUT2D eigenvalue weighted by atomic mass is 32.1. The fraction of sp³-hybridized carbons (Fsp3) is 0.316. The molecule has 1 heterocycles. The lowest BCUT2D eigenvalue weighted by Gasteiger charge is -2.08. The smallest absolute Gasteiger partial charge is 0.344 e. The molecule has 0 spiro atoms. The predicted molar refractivity (Wildman–Crippen MR) is 101 cm³/mol. The summed E-state index contributed by atoms with van der Waals surface area (Å²) < 4.78 is 27.9. The number of anilines is 1. The van der Waals surface area contributed by atoms with Crippen LogP contribution < -0.4 is 10.1 Å². The molecule has 2 rings (SSSR count). The summed E-state index contributed by atoms with van der Waals surface area (Å²) in [5, 5.41) is 2.89. The number of aryl methyl sites for hydroxylation is 1. The maximum atomic E-state index is 13.0. The van der Waals surface area contributed by atoms with E-state index in [2.05, 4.69) is 5.32 Å². The molecule has 0 radical (unpaired) electrons. The average Bonchev–Trinajstić information content (AvgIpc) is 3.08. The fourth-order valence-electron chi connectivity index (χ4n) is 2.12. The van der Waals surface area contributed by atoms with Crippen LogP contribution in [-0.2, 0) is 25.5 Å². The second kappa shape index (κ2) is 10.4. The second-order valence-corrected chi connectivity index (χ2v) is 6.62. The van der Waals surface area contributed by atoms with Crippen molar-refractivity contribution >= 4 is 34.2 Å². The molecule has 9 heteroatoms. The zero-order valence-corrected chi connectivity index (χ0v) is 16.3. The van der Waals surface area contributed by atoms with E-state index in [1.807, 2.05) is 6.92 Å². The van der Waals surface area contributed by atoms with Crippen LogP contribution in [0.1, 0.15) is 29.1 Å². The van der Waals surface area contributed by atoms with Crippen molar-refractivity contribution in [3.8, 4) is 5.75 Å². The molecule has 0 aliphatic heterocycles. The molecule has 1 N–H and O–H groups in total. The van der Waals surface area contributed by atoms with E-state index in [9.17, 15) is 18.8 Å². The van der Waals surface area contributed by atoms with E-state index < -0.39 is 36.9 Å². The molecule has 0 aliphatic rings. The number of nitrogens with one attached hydrogen (secondary N) is 1. The van der Waals surface area contributed by atoms with Crippen LogP contribution in [-0.4, -0.2) is 37.7 Å². The molecule has 0 aliphatic carbocycles. The Kier molecular flexibility index (Phi) is 7.94. The molecule has 2 aromatic rings. The largest absolute Gasteiger partial charge is 0.482 e. The van der Waals surface area contributed by atoms with Gasteiger partial charge in [-0.1, -0.05) is 13.0 Å². The monoisotopic (exact) mass is 409 g/mol. The van der Waals surface area contributed by atoms with Gasteiger partial charge in [-0.15, -0.1) is 11.3 Å². The van der Waals surface area contributed by atoms with Crippen molar-refractivity contribution in [2.24, 2.45) is 0 Å². The maximum Gasteiger partial charge on any atom is 0.344 e. The Morgan fingerprint density at radius 2 is 1.89 bits per heavy atom. The number of carbonyl (C=O) groups is 3. The maximum absolute atomic E-state index is 13.0. The number of benzene rings is 1. The molecule has 1 aromatic heterocycles. The van der Waals surface area contributed by atoms with Gasteiger partial charge in [0.25, 0.3) is 5.91 Å². The first-order valence-corrected chi connectivity index (χ1v) is 9.38. The van der Waals surface area contributed by atoms with Crippen LogP contribution in [0.25, 0.3) is 0 Å². The van der Waals surface area contributed by atoms with Gasteiger partial charge < -0.3 is 19.5 Å². The van der Waals surface area contributed by atoms with Crippen molar-refractivity contribution < 1.29 is 33.0 Å². The first-order valence-electron chi connectivity index (χ1n) is 8.56. The number of thiophene rings is 1. The van der Waals surface area contributed by atoms with E-state index >= 15 is 0 Å². The molecule has 0 saturated heterocycles. The number of hydrogen-bond donors (Lipinski definition) is 1. The Morgan fingerprint density at radius 1 is 1.11 bits per heavy atom. The lowest BCUT2D eigenvalue weighted by molar-refractivity contribution is -0.149. The van der Waals surface area contributed by atoms with E-state index in [1.165, 1.54) is 29.5 Å². The van der Waals surface area contributed by atoms with Gasteiger partial charge >= 0.3 is 11.9 Å². The number of hydrogen-bond acceptors (Lipinski definition) is 7. The molecule has 150 valence electrons. The molecular formula is C19H20FNO6S. The molecule has 0 bridgehead atoms. The summed E-state index contributed by atoms with van der Waals surface area (Å²) in [6, 6.07) is 6.96. The normalized spacial score (nSPS) is 10.2. The molecule has 0 saturated carbocycles. The minimum Gasteiger partial charge on any atom is -0.482 e. The standard InChI is InChI=1S/C19H20FNO6S/c1-3-14-9-15(19(24)25-4-2)18(28-14)21-16(22)10-27-17(23)11-26-13-7-5-6-12(20)8-13/h5-9H,3-4,10-11H2,1-2H3,(H,21,22). The highest BCUT2D eigenvalue weighted by molar-refractivity contribution is 7.16. The van der Waals surface area contributed by atoms with Crippen molar-refractivity contribution in [3.05, 3.63) is 46.6 Å². The molecular weight excluding hydrogens is 389 g/mol. The van der Waals surface area contributed by atoms with Crippen LogP contribution in [0.4, 0.5) is 9.39 Å². The lowest BCUT2D eigenvalue weighted by Crippen LogP contribution is -2.24. The summed E-state index contributed by atoms with van der Waals surface area (Å²) in [5.74, 6) is -2.25. The van der Waals surface area contributed by atoms with E-state index in [0.717, 1.165) is 10.9 Å². The average molecular weight is 409 g/mol. The number of esters is 2. The number of rotatable bonds is 9. The molecule has 28 heavy (non-hydrogen) atoms. The van der Waals surface area contributed by atoms with Crippen molar-refractivity contribution in [1.29, 1.82) is 0 Å². The van der Waals surface area contributed by atoms with Gasteiger partial charge in [0.2, 0.25) is 0 Å². The summed E-state index contributed by atoms with van der Waals surface area (Å²) >= 11 is 1.25. The Balaban J connectivity index is 1.85. The third-order valence-electron chi connectivity index (χ3n) is 3.40. The van der Waals surface area contributed by atoms with Gasteiger partial charge in [0, 0.05) is 10.9 Å². The van der Waals surface area contributed by atoms with Crippen molar-refractivity contribution in [2.75, 3.05) is 25.1 Å². The molecule has 1 aromatic carbocycles. The number of halogens is 1. The van der Waals surface area contributed by atoms with Gasteiger partial charge in [-0.2, -0.15) is 0 Å². The quantitative estimate of drug-likeness (QED) is 0.640. The van der Waals surface area contributed by atoms with Crippen LogP contribution in [0.2, 0.25) is 0 Å². The second-order valence-electron chi connectivity index (χ2n) is 5.48. The Bertz CT molecular complexity index is 851. The Morgan fingerprint density at radius 3 is 2.57 bits per heavy atom. The SMILES string of the molecule is CCOC(=O)c1cc(CC)sc1NC(=O)COC(=O)COc1cccc(F)c1. The minimum absolute atomic E-state index is 0.172. The minimum atomic E-state index is -0.787. The molecule has 1 amide bonds. The van der Waals surface area contributed by atoms with Gasteiger partial charge in [0.15, 0.2) is 13.2 Å². The Labute approximate surface area is 165 Å². The van der Waals surface area contributed by atoms with Gasteiger partial charge in [0.05, 0.1) is 12.2 Å². The first kappa shape index (κ1) is 21.4. The van der Waals surface area contributed by atoms with Crippen LogP contribution in [0.15, 0.2) is 30.3 Å². The summed E-state index contributed by atoms with van der Waals surface area (Å²) in [5.41, 5.74) is 0.262. The van der Waals surface area contributed by atoms with Gasteiger partial charge in [-0.05, 0) is 31.5 Å². The third kappa shape index (κ3) is 6.34. The highest BCUT2D eigenvalue weighted by Gasteiger charge is 2.19. The summed E-state index contributed by atoms with van der Waals surface area (Å²) in [6.45, 7) is 2.81. The van der Waals surface area contributed by atoms with Crippen molar-refractivity contribution in [3.63, 3.8) is 0 Å². The number of ether oxygens (including phenoxy) is 3. The number of amides is 1. The topological polar surface area (TPSA) is 90.9 Å². The van der Waals surface area contributed by atoms with Crippen molar-refractivity contribution in [1.82, 2.24) is 0 Å². The summed E-state index contributed by atoms with van der Waals surface area (Å²) in [6.07, 6.45) is 0.694. The molecule has 0 unspecified atom stereocenters. The summed E-state index contributed by atoms with van der Waals surface area (Å²) in [7, 11) is 0. The molecule has 0 atom stereocenters. The number of carbonyl (C=O) groups excluding carboxylic acids is 3. The Hall–Kier alpha value is -2.94. The lowest BCUT2D eigenvalue weighted by atomic mass is 10.2. The van der Waals surface area contributed by atoms with Crippen LogP contribution in [0, 0.1) is 5.82 Å². The van der Waals surface area contributed by atoms with Crippen LogP contribution >= 0.6 is 11.3 Å². The van der Waals surface area contributed by atoms with E-state index in [-0.39, 0.29) is 17.9 Å².